The Bertz CT molecular complexity index is 386. The molecule has 0 saturated heterocycles. The van der Waals surface area contributed by atoms with E-state index in [1.807, 2.05) is 20.8 Å². The van der Waals surface area contributed by atoms with Crippen LogP contribution in [0.25, 0.3) is 0 Å². The van der Waals surface area contributed by atoms with E-state index in [4.69, 9.17) is 5.73 Å². The van der Waals surface area contributed by atoms with Gasteiger partial charge in [0.2, 0.25) is 0 Å². The fourth-order valence-electron chi connectivity index (χ4n) is 1.55. The van der Waals surface area contributed by atoms with Gasteiger partial charge in [0.1, 0.15) is 0 Å². The second kappa shape index (κ2) is 5.77. The normalized spacial score (nSPS) is 11.3. The molecule has 4 nitrogen and oxygen atoms in total. The lowest BCUT2D eigenvalue weighted by molar-refractivity contribution is 0.0942. The Kier molecular flexibility index (Phi) is 4.63. The molecular weight excluding hydrogens is 214 g/mol. The fraction of sp³-hybridized carbons (Fsp3) is 0.538. The van der Waals surface area contributed by atoms with Crippen molar-refractivity contribution >= 4 is 5.91 Å². The Morgan fingerprint density at radius 1 is 1.47 bits per heavy atom. The number of nitrogens with two attached hydrogens (primary N) is 1. The van der Waals surface area contributed by atoms with E-state index < -0.39 is 0 Å². The fourth-order valence-corrected chi connectivity index (χ4v) is 1.55. The Hall–Kier alpha value is -1.42. The molecular formula is C13H21N3O. The number of hydrogen-bond acceptors (Lipinski definition) is 3. The minimum Gasteiger partial charge on any atom is -0.350 e. The van der Waals surface area contributed by atoms with Crippen molar-refractivity contribution in [2.75, 3.05) is 6.54 Å². The lowest BCUT2D eigenvalue weighted by Crippen LogP contribution is -2.49. The van der Waals surface area contributed by atoms with Gasteiger partial charge < -0.3 is 11.1 Å². The summed E-state index contributed by atoms with van der Waals surface area (Å²) < 4.78 is 0. The molecule has 0 aliphatic carbocycles. The van der Waals surface area contributed by atoms with Crippen LogP contribution in [0.3, 0.4) is 0 Å². The molecule has 4 heteroatoms. The molecule has 1 heterocycles. The molecule has 0 aliphatic rings. The second-order valence-electron chi connectivity index (χ2n) is 4.44. The van der Waals surface area contributed by atoms with E-state index in [0.29, 0.717) is 12.1 Å². The first-order chi connectivity index (χ1) is 8.00. The number of nitrogens with zero attached hydrogens (tertiary/aromatic N) is 1. The zero-order valence-electron chi connectivity index (χ0n) is 10.8. The molecule has 0 unspecified atom stereocenters. The quantitative estimate of drug-likeness (QED) is 0.815. The molecule has 0 fully saturated rings. The zero-order chi connectivity index (χ0) is 12.9. The van der Waals surface area contributed by atoms with Gasteiger partial charge in [0, 0.05) is 29.5 Å². The maximum atomic E-state index is 11.9. The number of nitrogens with one attached hydrogen (secondary N) is 1. The van der Waals surface area contributed by atoms with E-state index in [1.165, 1.54) is 0 Å². The van der Waals surface area contributed by atoms with Crippen LogP contribution in [0.1, 0.15) is 42.7 Å². The van der Waals surface area contributed by atoms with Crippen molar-refractivity contribution in [2.45, 2.75) is 39.2 Å². The van der Waals surface area contributed by atoms with Crippen molar-refractivity contribution in [3.63, 3.8) is 0 Å². The van der Waals surface area contributed by atoms with Crippen LogP contribution >= 0.6 is 0 Å². The SMILES string of the molecule is CCC(N)(CC)CNC(=O)c1ccnc(C)c1. The lowest BCUT2D eigenvalue weighted by atomic mass is 9.94. The average molecular weight is 235 g/mol. The van der Waals surface area contributed by atoms with Gasteiger partial charge in [-0.1, -0.05) is 13.8 Å². The molecule has 0 aromatic carbocycles. The zero-order valence-corrected chi connectivity index (χ0v) is 10.8. The molecule has 17 heavy (non-hydrogen) atoms. The van der Waals surface area contributed by atoms with Crippen LogP contribution in [0.4, 0.5) is 0 Å². The number of pyridine rings is 1. The van der Waals surface area contributed by atoms with Gasteiger partial charge in [-0.15, -0.1) is 0 Å². The van der Waals surface area contributed by atoms with Gasteiger partial charge in [-0.3, -0.25) is 9.78 Å². The molecule has 1 aromatic heterocycles. The first-order valence-corrected chi connectivity index (χ1v) is 6.00. The molecule has 0 bridgehead atoms. The van der Waals surface area contributed by atoms with Crippen molar-refractivity contribution < 1.29 is 4.79 Å². The van der Waals surface area contributed by atoms with Crippen LogP contribution in [-0.4, -0.2) is 23.0 Å². The third kappa shape index (κ3) is 3.82. The largest absolute Gasteiger partial charge is 0.350 e. The molecule has 0 radical (unpaired) electrons. The summed E-state index contributed by atoms with van der Waals surface area (Å²) >= 11 is 0. The topological polar surface area (TPSA) is 68.0 Å². The maximum Gasteiger partial charge on any atom is 0.251 e. The van der Waals surface area contributed by atoms with Crippen LogP contribution < -0.4 is 11.1 Å². The Balaban J connectivity index is 2.62. The average Bonchev–Trinajstić information content (AvgIpc) is 2.35. The van der Waals surface area contributed by atoms with Gasteiger partial charge >= 0.3 is 0 Å². The standard InChI is InChI=1S/C13H21N3O/c1-4-13(14,5-2)9-16-12(17)11-6-7-15-10(3)8-11/h6-8H,4-5,9,14H2,1-3H3,(H,16,17). The van der Waals surface area contributed by atoms with Crippen molar-refractivity contribution in [1.82, 2.24) is 10.3 Å². The highest BCUT2D eigenvalue weighted by molar-refractivity contribution is 5.94. The molecule has 94 valence electrons. The third-order valence-corrected chi connectivity index (χ3v) is 3.17. The molecule has 0 atom stereocenters. The highest BCUT2D eigenvalue weighted by atomic mass is 16.1. The summed E-state index contributed by atoms with van der Waals surface area (Å²) in [6.07, 6.45) is 3.33. The monoisotopic (exact) mass is 235 g/mol. The van der Waals surface area contributed by atoms with Gasteiger partial charge in [0.25, 0.3) is 5.91 Å². The predicted molar refractivity (Wildman–Crippen MR) is 68.8 cm³/mol. The first-order valence-electron chi connectivity index (χ1n) is 6.00. The van der Waals surface area contributed by atoms with E-state index >= 15 is 0 Å². The van der Waals surface area contributed by atoms with Crippen molar-refractivity contribution in [3.05, 3.63) is 29.6 Å². The van der Waals surface area contributed by atoms with E-state index in [1.54, 1.807) is 18.3 Å². The summed E-state index contributed by atoms with van der Waals surface area (Å²) in [4.78, 5) is 15.9. The maximum absolute atomic E-state index is 11.9. The number of aryl methyl sites for hydroxylation is 1. The summed E-state index contributed by atoms with van der Waals surface area (Å²) in [6, 6.07) is 3.48. The molecule has 3 N–H and O–H groups in total. The van der Waals surface area contributed by atoms with E-state index in [0.717, 1.165) is 18.5 Å². The summed E-state index contributed by atoms with van der Waals surface area (Å²) in [7, 11) is 0. The highest BCUT2D eigenvalue weighted by Gasteiger charge is 2.21. The number of hydrogen-bond donors (Lipinski definition) is 2. The van der Waals surface area contributed by atoms with Crippen LogP contribution in [0, 0.1) is 6.92 Å². The first kappa shape index (κ1) is 13.6. The summed E-state index contributed by atoms with van der Waals surface area (Å²) in [5.74, 6) is -0.0905. The van der Waals surface area contributed by atoms with Crippen LogP contribution in [0.5, 0.6) is 0 Å². The van der Waals surface area contributed by atoms with Crippen molar-refractivity contribution in [2.24, 2.45) is 5.73 Å². The summed E-state index contributed by atoms with van der Waals surface area (Å²) in [6.45, 7) is 6.43. The number of rotatable bonds is 5. The van der Waals surface area contributed by atoms with Gasteiger partial charge in [-0.2, -0.15) is 0 Å². The number of aromatic nitrogens is 1. The minimum atomic E-state index is -0.308. The molecule has 0 saturated carbocycles. The van der Waals surface area contributed by atoms with Gasteiger partial charge in [-0.05, 0) is 31.9 Å². The molecule has 0 spiro atoms. The van der Waals surface area contributed by atoms with Crippen LogP contribution in [-0.2, 0) is 0 Å². The predicted octanol–water partition coefficient (Wildman–Crippen LogP) is 1.64. The van der Waals surface area contributed by atoms with Crippen molar-refractivity contribution in [1.29, 1.82) is 0 Å². The van der Waals surface area contributed by atoms with Gasteiger partial charge in [0.15, 0.2) is 0 Å². The number of amides is 1. The smallest absolute Gasteiger partial charge is 0.251 e. The second-order valence-corrected chi connectivity index (χ2v) is 4.44. The van der Waals surface area contributed by atoms with E-state index in [9.17, 15) is 4.79 Å². The molecule has 1 aromatic rings. The minimum absolute atomic E-state index is 0.0905. The van der Waals surface area contributed by atoms with Gasteiger partial charge in [-0.25, -0.2) is 0 Å². The van der Waals surface area contributed by atoms with E-state index in [-0.39, 0.29) is 11.4 Å². The van der Waals surface area contributed by atoms with Gasteiger partial charge in [0.05, 0.1) is 0 Å². The molecule has 1 amide bonds. The highest BCUT2D eigenvalue weighted by Crippen LogP contribution is 2.10. The van der Waals surface area contributed by atoms with Crippen LogP contribution in [0.15, 0.2) is 18.3 Å². The van der Waals surface area contributed by atoms with E-state index in [2.05, 4.69) is 10.3 Å². The summed E-state index contributed by atoms with van der Waals surface area (Å²) in [5.41, 5.74) is 7.29. The lowest BCUT2D eigenvalue weighted by Gasteiger charge is -2.26. The number of carbonyl (C=O) groups excluding carboxylic acids is 1. The third-order valence-electron chi connectivity index (χ3n) is 3.17. The van der Waals surface area contributed by atoms with Crippen molar-refractivity contribution in [3.8, 4) is 0 Å². The molecule has 1 rings (SSSR count). The Morgan fingerprint density at radius 2 is 2.12 bits per heavy atom. The van der Waals surface area contributed by atoms with Crippen LogP contribution in [0.2, 0.25) is 0 Å². The molecule has 0 aliphatic heterocycles. The Morgan fingerprint density at radius 3 is 2.65 bits per heavy atom. The Labute approximate surface area is 103 Å². The number of carbonyl (C=O) groups is 1. The summed E-state index contributed by atoms with van der Waals surface area (Å²) in [5, 5.41) is 2.88.